The lowest BCUT2D eigenvalue weighted by Gasteiger charge is -2.06. The first-order valence-corrected chi connectivity index (χ1v) is 7.56. The summed E-state index contributed by atoms with van der Waals surface area (Å²) in [7, 11) is -3.26. The molecule has 0 saturated heterocycles. The third-order valence-electron chi connectivity index (χ3n) is 2.13. The molecule has 2 nitrogen and oxygen atoms in total. The average molecular weight is 336 g/mol. The lowest BCUT2D eigenvalue weighted by molar-refractivity contribution is 0.602. The predicted molar refractivity (Wildman–Crippen MR) is 71.0 cm³/mol. The van der Waals surface area contributed by atoms with Gasteiger partial charge in [-0.1, -0.05) is 46.4 Å². The number of benzene rings is 1. The number of aryl methyl sites for hydroxylation is 1. The van der Waals surface area contributed by atoms with E-state index in [-0.39, 0.29) is 0 Å². The zero-order chi connectivity index (χ0) is 11.5. The highest BCUT2D eigenvalue weighted by Gasteiger charge is 2.18. The molecule has 0 radical (unpaired) electrons. The van der Waals surface area contributed by atoms with Gasteiger partial charge in [0.2, 0.25) is 9.84 Å². The number of sulfone groups is 1. The molecule has 0 saturated carbocycles. The summed E-state index contributed by atoms with van der Waals surface area (Å²) in [6, 6.07) is 6.93. The molecule has 0 bridgehead atoms. The van der Waals surface area contributed by atoms with Crippen molar-refractivity contribution in [1.29, 1.82) is 0 Å². The van der Waals surface area contributed by atoms with Gasteiger partial charge in [-0.3, -0.25) is 0 Å². The molecule has 15 heavy (non-hydrogen) atoms. The number of alkyl halides is 1. The molecule has 1 rings (SSSR count). The fourth-order valence-corrected chi connectivity index (χ4v) is 4.09. The quantitative estimate of drug-likeness (QED) is 0.628. The summed E-state index contributed by atoms with van der Waals surface area (Å²) >= 11 is 2.06. The molecule has 0 amide bonds. The Morgan fingerprint density at radius 2 is 1.87 bits per heavy atom. The van der Waals surface area contributed by atoms with Crippen LogP contribution in [0.5, 0.6) is 0 Å². The molecule has 1 aromatic carbocycles. The molecule has 0 aromatic heterocycles. The number of halogens is 1. The van der Waals surface area contributed by atoms with E-state index in [1.54, 1.807) is 25.1 Å². The predicted octanol–water partition coefficient (Wildman–Crippen LogP) is 3.11. The van der Waals surface area contributed by atoms with Crippen molar-refractivity contribution in [3.8, 4) is 0 Å². The summed E-state index contributed by atoms with van der Waals surface area (Å²) in [6.07, 6.45) is 1.65. The molecule has 0 aliphatic heterocycles. The highest BCUT2D eigenvalue weighted by atomic mass is 127. The summed E-state index contributed by atoms with van der Waals surface area (Å²) in [5.41, 5.74) is 1.06. The van der Waals surface area contributed by atoms with Crippen LogP contribution in [0.3, 0.4) is 0 Å². The van der Waals surface area contributed by atoms with Crippen molar-refractivity contribution in [1.82, 2.24) is 0 Å². The van der Waals surface area contributed by atoms with Gasteiger partial charge in [-0.2, -0.15) is 0 Å². The standard InChI is InChI=1S/C11H13IO2S/c1-3-10(8-12)15(13,14)11-6-4-9(2)5-7-11/h3-7H,8H2,1-2H3/b10-3+. The Bertz CT molecular complexity index is 458. The zero-order valence-electron chi connectivity index (χ0n) is 8.70. The average Bonchev–Trinajstić information content (AvgIpc) is 2.19. The van der Waals surface area contributed by atoms with Gasteiger partial charge in [0, 0.05) is 4.43 Å². The maximum Gasteiger partial charge on any atom is 0.203 e. The van der Waals surface area contributed by atoms with Gasteiger partial charge >= 0.3 is 0 Å². The third kappa shape index (κ3) is 2.81. The van der Waals surface area contributed by atoms with Crippen molar-refractivity contribution in [3.05, 3.63) is 40.8 Å². The van der Waals surface area contributed by atoms with Crippen LogP contribution in [-0.2, 0) is 9.84 Å². The van der Waals surface area contributed by atoms with E-state index in [2.05, 4.69) is 22.6 Å². The Balaban J connectivity index is 3.23. The van der Waals surface area contributed by atoms with Crippen LogP contribution in [-0.4, -0.2) is 12.8 Å². The Morgan fingerprint density at radius 1 is 1.33 bits per heavy atom. The van der Waals surface area contributed by atoms with Crippen molar-refractivity contribution in [3.63, 3.8) is 0 Å². The summed E-state index contributed by atoms with van der Waals surface area (Å²) in [4.78, 5) is 0.838. The molecule has 0 spiro atoms. The number of hydrogen-bond donors (Lipinski definition) is 0. The molecule has 0 aliphatic carbocycles. The number of hydrogen-bond acceptors (Lipinski definition) is 2. The minimum absolute atomic E-state index is 0.373. The van der Waals surface area contributed by atoms with Crippen LogP contribution < -0.4 is 0 Å². The van der Waals surface area contributed by atoms with Crippen LogP contribution in [0.25, 0.3) is 0 Å². The lowest BCUT2D eigenvalue weighted by Crippen LogP contribution is -2.05. The fourth-order valence-electron chi connectivity index (χ4n) is 1.17. The van der Waals surface area contributed by atoms with E-state index in [9.17, 15) is 8.42 Å². The first-order valence-electron chi connectivity index (χ1n) is 4.55. The summed E-state index contributed by atoms with van der Waals surface area (Å²) in [5.74, 6) is 0. The summed E-state index contributed by atoms with van der Waals surface area (Å²) in [6.45, 7) is 3.69. The van der Waals surface area contributed by atoms with Gasteiger partial charge in [0.1, 0.15) is 0 Å². The second kappa shape index (κ2) is 5.12. The molecule has 0 unspecified atom stereocenters. The highest BCUT2D eigenvalue weighted by Crippen LogP contribution is 2.21. The Kier molecular flexibility index (Phi) is 4.33. The van der Waals surface area contributed by atoms with Gasteiger partial charge in [0.05, 0.1) is 9.80 Å². The van der Waals surface area contributed by atoms with Crippen LogP contribution in [0.1, 0.15) is 12.5 Å². The van der Waals surface area contributed by atoms with Crippen LogP contribution in [0.4, 0.5) is 0 Å². The Hall–Kier alpha value is -0.360. The first-order chi connectivity index (χ1) is 7.02. The van der Waals surface area contributed by atoms with Crippen molar-refractivity contribution < 1.29 is 8.42 Å². The van der Waals surface area contributed by atoms with E-state index < -0.39 is 9.84 Å². The van der Waals surface area contributed by atoms with Crippen LogP contribution >= 0.6 is 22.6 Å². The minimum Gasteiger partial charge on any atom is -0.219 e. The maximum absolute atomic E-state index is 12.0. The topological polar surface area (TPSA) is 34.1 Å². The van der Waals surface area contributed by atoms with Crippen molar-refractivity contribution in [2.75, 3.05) is 4.43 Å². The third-order valence-corrected chi connectivity index (χ3v) is 5.43. The molecule has 0 N–H and O–H groups in total. The van der Waals surface area contributed by atoms with Gasteiger partial charge in [-0.25, -0.2) is 8.42 Å². The lowest BCUT2D eigenvalue weighted by atomic mass is 10.2. The van der Waals surface area contributed by atoms with E-state index in [1.165, 1.54) is 0 Å². The molecule has 0 heterocycles. The molecule has 4 heteroatoms. The van der Waals surface area contributed by atoms with Crippen molar-refractivity contribution >= 4 is 32.4 Å². The maximum atomic E-state index is 12.0. The van der Waals surface area contributed by atoms with Gasteiger partial charge in [-0.05, 0) is 26.0 Å². The fraction of sp³-hybridized carbons (Fsp3) is 0.273. The second-order valence-electron chi connectivity index (χ2n) is 3.21. The van der Waals surface area contributed by atoms with Crippen molar-refractivity contribution in [2.24, 2.45) is 0 Å². The van der Waals surface area contributed by atoms with Gasteiger partial charge in [0.25, 0.3) is 0 Å². The smallest absolute Gasteiger partial charge is 0.203 e. The Labute approximate surface area is 104 Å². The summed E-state index contributed by atoms with van der Waals surface area (Å²) < 4.78 is 24.6. The van der Waals surface area contributed by atoms with E-state index >= 15 is 0 Å². The normalized spacial score (nSPS) is 12.9. The number of allylic oxidation sites excluding steroid dienone is 2. The Morgan fingerprint density at radius 3 is 2.27 bits per heavy atom. The van der Waals surface area contributed by atoms with Crippen LogP contribution in [0.15, 0.2) is 40.1 Å². The van der Waals surface area contributed by atoms with Crippen LogP contribution in [0, 0.1) is 6.92 Å². The molecule has 82 valence electrons. The molecule has 0 fully saturated rings. The highest BCUT2D eigenvalue weighted by molar-refractivity contribution is 14.1. The molecule has 0 aliphatic rings. The van der Waals surface area contributed by atoms with Gasteiger partial charge in [0.15, 0.2) is 0 Å². The monoisotopic (exact) mass is 336 g/mol. The zero-order valence-corrected chi connectivity index (χ0v) is 11.7. The summed E-state index contributed by atoms with van der Waals surface area (Å²) in [5, 5.41) is 0. The largest absolute Gasteiger partial charge is 0.219 e. The van der Waals surface area contributed by atoms with Gasteiger partial charge in [-0.15, -0.1) is 0 Å². The molecule has 1 aromatic rings. The molecular formula is C11H13IO2S. The van der Waals surface area contributed by atoms with Gasteiger partial charge < -0.3 is 0 Å². The van der Waals surface area contributed by atoms with Crippen molar-refractivity contribution in [2.45, 2.75) is 18.7 Å². The van der Waals surface area contributed by atoms with E-state index in [0.29, 0.717) is 14.2 Å². The second-order valence-corrected chi connectivity index (χ2v) is 5.97. The van der Waals surface area contributed by atoms with E-state index in [0.717, 1.165) is 5.56 Å². The van der Waals surface area contributed by atoms with Crippen LogP contribution in [0.2, 0.25) is 0 Å². The molecule has 0 atom stereocenters. The molecular weight excluding hydrogens is 323 g/mol. The van der Waals surface area contributed by atoms with E-state index in [1.807, 2.05) is 19.1 Å². The van der Waals surface area contributed by atoms with E-state index in [4.69, 9.17) is 0 Å². The first kappa shape index (κ1) is 12.7. The minimum atomic E-state index is -3.26. The number of rotatable bonds is 3. The SMILES string of the molecule is C/C=C(\CI)S(=O)(=O)c1ccc(C)cc1.